The maximum atomic E-state index is 13.2. The molecule has 0 spiro atoms. The Labute approximate surface area is 188 Å². The highest BCUT2D eigenvalue weighted by Gasteiger charge is 2.42. The molecule has 1 aromatic carbocycles. The van der Waals surface area contributed by atoms with Gasteiger partial charge in [0, 0.05) is 17.8 Å². The fraction of sp³-hybridized carbons (Fsp3) is 0.500. The van der Waals surface area contributed by atoms with Gasteiger partial charge in [0.2, 0.25) is 26.0 Å². The van der Waals surface area contributed by atoms with Gasteiger partial charge in [0.1, 0.15) is 16.6 Å². The largest absolute Gasteiger partial charge is 0.360 e. The number of sulfonamides is 2. The Morgan fingerprint density at radius 2 is 1.88 bits per heavy atom. The summed E-state index contributed by atoms with van der Waals surface area (Å²) in [5.41, 5.74) is -0.180. The Morgan fingerprint density at radius 1 is 1.19 bits per heavy atom. The molecule has 32 heavy (non-hydrogen) atoms. The molecule has 2 aromatic rings. The summed E-state index contributed by atoms with van der Waals surface area (Å²) in [6.07, 6.45) is 0.864. The Balaban J connectivity index is 1.83. The van der Waals surface area contributed by atoms with Crippen molar-refractivity contribution in [2.75, 3.05) is 11.9 Å². The second kappa shape index (κ2) is 8.58. The van der Waals surface area contributed by atoms with E-state index in [0.717, 1.165) is 4.31 Å². The van der Waals surface area contributed by atoms with Gasteiger partial charge in [-0.1, -0.05) is 11.2 Å². The third-order valence-corrected chi connectivity index (χ3v) is 8.80. The van der Waals surface area contributed by atoms with E-state index in [-0.39, 0.29) is 33.5 Å². The fourth-order valence-electron chi connectivity index (χ4n) is 3.68. The van der Waals surface area contributed by atoms with Crippen LogP contribution in [0.3, 0.4) is 0 Å². The van der Waals surface area contributed by atoms with E-state index in [2.05, 4.69) is 15.2 Å². The molecule has 2 N–H and O–H groups in total. The Morgan fingerprint density at radius 3 is 2.47 bits per heavy atom. The number of amides is 1. The monoisotopic (exact) mass is 484 g/mol. The predicted octanol–water partition coefficient (Wildman–Crippen LogP) is 2.16. The Hall–Kier alpha value is -2.28. The van der Waals surface area contributed by atoms with Crippen LogP contribution in [0, 0.1) is 13.8 Å². The summed E-state index contributed by atoms with van der Waals surface area (Å²) in [4.78, 5) is 12.9. The van der Waals surface area contributed by atoms with E-state index in [0.29, 0.717) is 12.8 Å². The summed E-state index contributed by atoms with van der Waals surface area (Å²) >= 11 is 0. The Bertz CT molecular complexity index is 1210. The highest BCUT2D eigenvalue weighted by atomic mass is 32.2. The van der Waals surface area contributed by atoms with Crippen LogP contribution >= 0.6 is 0 Å². The van der Waals surface area contributed by atoms with Crippen LogP contribution in [-0.2, 0) is 24.8 Å². The van der Waals surface area contributed by atoms with Crippen LogP contribution in [0.15, 0.2) is 38.6 Å². The van der Waals surface area contributed by atoms with Crippen molar-refractivity contribution in [1.29, 1.82) is 0 Å². The van der Waals surface area contributed by atoms with Crippen LogP contribution in [0.2, 0.25) is 0 Å². The summed E-state index contributed by atoms with van der Waals surface area (Å²) < 4.78 is 60.3. The van der Waals surface area contributed by atoms with Crippen LogP contribution in [0.5, 0.6) is 0 Å². The first-order valence-corrected chi connectivity index (χ1v) is 13.0. The van der Waals surface area contributed by atoms with E-state index < -0.39 is 37.5 Å². The number of rotatable bonds is 6. The molecule has 1 unspecified atom stereocenters. The first kappa shape index (κ1) is 24.4. The number of benzene rings is 1. The third-order valence-electron chi connectivity index (χ3n) is 4.89. The number of hydrogen-bond donors (Lipinski definition) is 2. The lowest BCUT2D eigenvalue weighted by Gasteiger charge is -2.23. The molecule has 1 amide bonds. The average molecular weight is 485 g/mol. The summed E-state index contributed by atoms with van der Waals surface area (Å²) in [6, 6.07) is 4.90. The molecular formula is C20H28N4O6S2. The quantitative estimate of drug-likeness (QED) is 0.640. The zero-order valence-corrected chi connectivity index (χ0v) is 20.3. The van der Waals surface area contributed by atoms with Gasteiger partial charge in [-0.15, -0.1) is 0 Å². The molecule has 1 aromatic heterocycles. The number of aryl methyl sites for hydroxylation is 2. The molecule has 1 aliphatic heterocycles. The van der Waals surface area contributed by atoms with Crippen molar-refractivity contribution in [3.63, 3.8) is 0 Å². The smallest absolute Gasteiger partial charge is 0.249 e. The zero-order chi connectivity index (χ0) is 23.9. The maximum Gasteiger partial charge on any atom is 0.249 e. The number of anilines is 1. The lowest BCUT2D eigenvalue weighted by atomic mass is 10.1. The minimum Gasteiger partial charge on any atom is -0.360 e. The molecule has 0 saturated carbocycles. The molecule has 1 fully saturated rings. The van der Waals surface area contributed by atoms with Crippen LogP contribution in [0.25, 0.3) is 0 Å². The topological polar surface area (TPSA) is 139 Å². The van der Waals surface area contributed by atoms with Gasteiger partial charge in [-0.05, 0) is 65.7 Å². The van der Waals surface area contributed by atoms with Crippen LogP contribution in [0.4, 0.5) is 5.69 Å². The lowest BCUT2D eigenvalue weighted by molar-refractivity contribution is -0.119. The van der Waals surface area contributed by atoms with E-state index in [4.69, 9.17) is 4.52 Å². The molecule has 1 aliphatic rings. The minimum atomic E-state index is -3.98. The zero-order valence-electron chi connectivity index (χ0n) is 18.7. The number of aromatic nitrogens is 1. The standard InChI is InChI=1S/C20H28N4O6S2/c1-13-18(14(2)30-22-13)32(28,29)24-11-7-10-17(24)19(25)21-15-8-6-9-16(12-15)31(26,27)23-20(3,4)5/h6,8-9,12,17,23H,7,10-11H2,1-5H3,(H,21,25). The predicted molar refractivity (Wildman–Crippen MR) is 118 cm³/mol. The summed E-state index contributed by atoms with van der Waals surface area (Å²) in [6.45, 7) is 8.41. The summed E-state index contributed by atoms with van der Waals surface area (Å²) in [7, 11) is -7.78. The summed E-state index contributed by atoms with van der Waals surface area (Å²) in [5, 5.41) is 6.36. The van der Waals surface area contributed by atoms with E-state index in [1.807, 2.05) is 0 Å². The number of carbonyl (C=O) groups excluding carboxylic acids is 1. The van der Waals surface area contributed by atoms with E-state index in [9.17, 15) is 21.6 Å². The lowest BCUT2D eigenvalue weighted by Crippen LogP contribution is -2.43. The van der Waals surface area contributed by atoms with Crippen LogP contribution in [0.1, 0.15) is 45.1 Å². The number of nitrogens with zero attached hydrogens (tertiary/aromatic N) is 2. The molecule has 3 rings (SSSR count). The van der Waals surface area contributed by atoms with Crippen molar-refractivity contribution in [2.24, 2.45) is 0 Å². The molecular weight excluding hydrogens is 456 g/mol. The molecule has 12 heteroatoms. The third kappa shape index (κ3) is 5.03. The molecule has 1 atom stereocenters. The molecule has 2 heterocycles. The second-order valence-electron chi connectivity index (χ2n) is 8.80. The molecule has 0 radical (unpaired) electrons. The van der Waals surface area contributed by atoms with Gasteiger partial charge < -0.3 is 9.84 Å². The van der Waals surface area contributed by atoms with Gasteiger partial charge in [0.25, 0.3) is 0 Å². The van der Waals surface area contributed by atoms with Crippen LogP contribution in [-0.4, -0.2) is 50.3 Å². The van der Waals surface area contributed by atoms with Crippen molar-refractivity contribution in [3.8, 4) is 0 Å². The SMILES string of the molecule is Cc1noc(C)c1S(=O)(=O)N1CCCC1C(=O)Nc1cccc(S(=O)(=O)NC(C)(C)C)c1. The highest BCUT2D eigenvalue weighted by molar-refractivity contribution is 7.89. The second-order valence-corrected chi connectivity index (χ2v) is 12.3. The van der Waals surface area contributed by atoms with Gasteiger partial charge in [0.05, 0.1) is 4.90 Å². The molecule has 0 bridgehead atoms. The molecule has 1 saturated heterocycles. The van der Waals surface area contributed by atoms with Gasteiger partial charge in [0.15, 0.2) is 5.76 Å². The molecule has 176 valence electrons. The van der Waals surface area contributed by atoms with Gasteiger partial charge in [-0.3, -0.25) is 4.79 Å². The number of hydrogen-bond acceptors (Lipinski definition) is 7. The average Bonchev–Trinajstić information content (AvgIpc) is 3.27. The summed E-state index contributed by atoms with van der Waals surface area (Å²) in [5.74, 6) is -0.367. The van der Waals surface area contributed by atoms with Gasteiger partial charge in [-0.25, -0.2) is 21.6 Å². The van der Waals surface area contributed by atoms with Crippen molar-refractivity contribution in [3.05, 3.63) is 35.7 Å². The molecule has 10 nitrogen and oxygen atoms in total. The maximum absolute atomic E-state index is 13.2. The first-order valence-electron chi connectivity index (χ1n) is 10.1. The van der Waals surface area contributed by atoms with Gasteiger partial charge >= 0.3 is 0 Å². The van der Waals surface area contributed by atoms with Crippen molar-refractivity contribution in [1.82, 2.24) is 14.2 Å². The fourth-order valence-corrected chi connectivity index (χ4v) is 7.09. The van der Waals surface area contributed by atoms with E-state index in [1.165, 1.54) is 32.0 Å². The van der Waals surface area contributed by atoms with Crippen molar-refractivity contribution in [2.45, 2.75) is 68.8 Å². The van der Waals surface area contributed by atoms with Gasteiger partial charge in [-0.2, -0.15) is 4.31 Å². The number of nitrogens with one attached hydrogen (secondary N) is 2. The first-order chi connectivity index (χ1) is 14.7. The van der Waals surface area contributed by atoms with Crippen LogP contribution < -0.4 is 10.0 Å². The van der Waals surface area contributed by atoms with Crippen molar-refractivity contribution >= 4 is 31.6 Å². The minimum absolute atomic E-state index is 0.00292. The van der Waals surface area contributed by atoms with E-state index in [1.54, 1.807) is 26.8 Å². The highest BCUT2D eigenvalue weighted by Crippen LogP contribution is 2.30. The van der Waals surface area contributed by atoms with Crippen molar-refractivity contribution < 1.29 is 26.2 Å². The number of carbonyl (C=O) groups is 1. The normalized spacial score (nSPS) is 18.1. The Kier molecular flexibility index (Phi) is 6.53. The molecule has 0 aliphatic carbocycles. The van der Waals surface area contributed by atoms with E-state index >= 15 is 0 Å².